The molecule has 0 spiro atoms. The van der Waals surface area contributed by atoms with Gasteiger partial charge < -0.3 is 24.8 Å². The van der Waals surface area contributed by atoms with Crippen LogP contribution in [0.3, 0.4) is 0 Å². The largest absolute Gasteiger partial charge is 0.486 e. The highest BCUT2D eigenvalue weighted by molar-refractivity contribution is 6.42. The Hall–Kier alpha value is -2.36. The van der Waals surface area contributed by atoms with Crippen LogP contribution in [0, 0.1) is 11.8 Å². The summed E-state index contributed by atoms with van der Waals surface area (Å²) in [4.78, 5) is 30.6. The number of nitrogens with zero attached hydrogens (tertiary/aromatic N) is 2. The number of hydrogen-bond donors (Lipinski definition) is 2. The van der Waals surface area contributed by atoms with Gasteiger partial charge in [0.05, 0.1) is 33.9 Å². The standard InChI is InChI=1S/C29H37Cl2N3O5/c1-18-14-34(19(2)17-35)29(37)22-5-4-6-25(32-28(36)21-9-11-38-12-10-21)27(22)39-26(18)16-33(3)15-20-7-8-23(30)24(31)13-20/h4-8,13,18-19,21,26,35H,9-12,14-17H2,1-3H3,(H,32,36)/t18-,19-,26+/m0/s1. The van der Waals surface area contributed by atoms with Crippen LogP contribution in [0.4, 0.5) is 5.69 Å². The van der Waals surface area contributed by atoms with E-state index in [-0.39, 0.29) is 42.4 Å². The summed E-state index contributed by atoms with van der Waals surface area (Å²) in [5.74, 6) is -0.198. The number of carbonyl (C=O) groups excluding carboxylic acids is 2. The van der Waals surface area contributed by atoms with Crippen LogP contribution in [0.1, 0.15) is 42.6 Å². The second kappa shape index (κ2) is 13.3. The molecule has 39 heavy (non-hydrogen) atoms. The van der Waals surface area contributed by atoms with E-state index in [2.05, 4.69) is 10.2 Å². The number of aliphatic hydroxyl groups excluding tert-OH is 1. The van der Waals surface area contributed by atoms with Crippen LogP contribution in [-0.2, 0) is 16.1 Å². The average Bonchev–Trinajstić information content (AvgIpc) is 2.93. The first kappa shape index (κ1) is 29.6. The van der Waals surface area contributed by atoms with Gasteiger partial charge in [0.2, 0.25) is 5.91 Å². The summed E-state index contributed by atoms with van der Waals surface area (Å²) in [5, 5.41) is 14.0. The number of ether oxygens (including phenoxy) is 2. The van der Waals surface area contributed by atoms with Gasteiger partial charge in [-0.1, -0.05) is 42.3 Å². The molecule has 1 saturated heterocycles. The molecule has 4 rings (SSSR count). The van der Waals surface area contributed by atoms with Crippen molar-refractivity contribution in [3.05, 3.63) is 57.6 Å². The van der Waals surface area contributed by atoms with Crippen molar-refractivity contribution in [3.8, 4) is 5.75 Å². The van der Waals surface area contributed by atoms with Gasteiger partial charge in [0.25, 0.3) is 5.91 Å². The second-order valence-electron chi connectivity index (χ2n) is 10.6. The molecule has 212 valence electrons. The molecular formula is C29H37Cl2N3O5. The van der Waals surface area contributed by atoms with Crippen LogP contribution in [0.5, 0.6) is 5.75 Å². The fraction of sp³-hybridized carbons (Fsp3) is 0.517. The van der Waals surface area contributed by atoms with Crippen molar-refractivity contribution in [3.63, 3.8) is 0 Å². The maximum Gasteiger partial charge on any atom is 0.258 e. The zero-order valence-electron chi connectivity index (χ0n) is 22.7. The Labute approximate surface area is 240 Å². The molecule has 0 unspecified atom stereocenters. The Morgan fingerprint density at radius 2 is 1.95 bits per heavy atom. The van der Waals surface area contributed by atoms with Crippen LogP contribution in [0.15, 0.2) is 36.4 Å². The fourth-order valence-corrected chi connectivity index (χ4v) is 5.40. The number of nitrogens with one attached hydrogen (secondary N) is 1. The van der Waals surface area contributed by atoms with Gasteiger partial charge in [-0.25, -0.2) is 0 Å². The van der Waals surface area contributed by atoms with Gasteiger partial charge in [-0.05, 0) is 56.6 Å². The summed E-state index contributed by atoms with van der Waals surface area (Å²) in [5.41, 5.74) is 1.85. The Balaban J connectivity index is 1.63. The Bertz CT molecular complexity index is 1170. The van der Waals surface area contributed by atoms with Gasteiger partial charge in [0.15, 0.2) is 5.75 Å². The van der Waals surface area contributed by atoms with Crippen LogP contribution in [0.2, 0.25) is 10.0 Å². The molecule has 0 aromatic heterocycles. The van der Waals surface area contributed by atoms with E-state index in [9.17, 15) is 14.7 Å². The molecule has 3 atom stereocenters. The zero-order chi connectivity index (χ0) is 28.1. The maximum atomic E-state index is 13.7. The van der Waals surface area contributed by atoms with Gasteiger partial charge in [0.1, 0.15) is 6.10 Å². The third-order valence-electron chi connectivity index (χ3n) is 7.47. The summed E-state index contributed by atoms with van der Waals surface area (Å²) in [6.45, 7) is 6.41. The monoisotopic (exact) mass is 577 g/mol. The molecule has 2 amide bonds. The lowest BCUT2D eigenvalue weighted by atomic mass is 9.98. The van der Waals surface area contributed by atoms with E-state index in [0.717, 1.165) is 5.56 Å². The minimum atomic E-state index is -0.374. The van der Waals surface area contributed by atoms with Gasteiger partial charge in [-0.2, -0.15) is 0 Å². The number of benzene rings is 2. The Morgan fingerprint density at radius 3 is 2.64 bits per heavy atom. The lowest BCUT2D eigenvalue weighted by Gasteiger charge is -2.38. The first-order chi connectivity index (χ1) is 18.7. The minimum absolute atomic E-state index is 0.0633. The summed E-state index contributed by atoms with van der Waals surface area (Å²) < 4.78 is 12.0. The molecule has 2 aliphatic heterocycles. The molecule has 0 bridgehead atoms. The van der Waals surface area contributed by atoms with E-state index in [1.54, 1.807) is 29.2 Å². The highest BCUT2D eigenvalue weighted by atomic mass is 35.5. The molecule has 0 saturated carbocycles. The van der Waals surface area contributed by atoms with E-state index < -0.39 is 0 Å². The van der Waals surface area contributed by atoms with Gasteiger partial charge >= 0.3 is 0 Å². The normalized spacial score (nSPS) is 21.1. The lowest BCUT2D eigenvalue weighted by Crippen LogP contribution is -2.49. The van der Waals surface area contributed by atoms with Gasteiger partial charge in [-0.15, -0.1) is 0 Å². The summed E-state index contributed by atoms with van der Waals surface area (Å²) in [7, 11) is 2.00. The molecule has 8 nitrogen and oxygen atoms in total. The van der Waals surface area contributed by atoms with Crippen molar-refractivity contribution < 1.29 is 24.2 Å². The van der Waals surface area contributed by atoms with Crippen LogP contribution >= 0.6 is 23.2 Å². The topological polar surface area (TPSA) is 91.3 Å². The smallest absolute Gasteiger partial charge is 0.258 e. The van der Waals surface area contributed by atoms with Crippen LogP contribution in [-0.4, -0.2) is 78.8 Å². The molecule has 2 heterocycles. The van der Waals surface area contributed by atoms with E-state index in [1.807, 2.05) is 33.0 Å². The predicted molar refractivity (Wildman–Crippen MR) is 153 cm³/mol. The van der Waals surface area contributed by atoms with Gasteiger partial charge in [0, 0.05) is 44.7 Å². The molecule has 0 radical (unpaired) electrons. The third kappa shape index (κ3) is 7.24. The molecule has 2 N–H and O–H groups in total. The number of amides is 2. The quantitative estimate of drug-likeness (QED) is 0.472. The molecule has 2 aromatic rings. The Kier molecular flexibility index (Phi) is 10.1. The van der Waals surface area contributed by atoms with E-state index in [4.69, 9.17) is 32.7 Å². The molecule has 0 aliphatic carbocycles. The van der Waals surface area contributed by atoms with Crippen molar-refractivity contribution in [1.29, 1.82) is 0 Å². The first-order valence-electron chi connectivity index (χ1n) is 13.4. The molecule has 2 aliphatic rings. The lowest BCUT2D eigenvalue weighted by molar-refractivity contribution is -0.122. The van der Waals surface area contributed by atoms with Crippen molar-refractivity contribution in [2.24, 2.45) is 11.8 Å². The summed E-state index contributed by atoms with van der Waals surface area (Å²) in [6.07, 6.45) is 1.00. The fourth-order valence-electron chi connectivity index (χ4n) is 5.08. The van der Waals surface area contributed by atoms with Gasteiger partial charge in [-0.3, -0.25) is 14.5 Å². The number of aliphatic hydroxyl groups is 1. The second-order valence-corrected chi connectivity index (χ2v) is 11.4. The molecular weight excluding hydrogens is 541 g/mol. The number of hydrogen-bond acceptors (Lipinski definition) is 6. The van der Waals surface area contributed by atoms with Crippen molar-refractivity contribution in [2.75, 3.05) is 45.3 Å². The molecule has 2 aromatic carbocycles. The van der Waals surface area contributed by atoms with Crippen molar-refractivity contribution in [1.82, 2.24) is 9.80 Å². The average molecular weight is 579 g/mol. The third-order valence-corrected chi connectivity index (χ3v) is 8.21. The molecule has 1 fully saturated rings. The highest BCUT2D eigenvalue weighted by Crippen LogP contribution is 2.35. The van der Waals surface area contributed by atoms with Crippen LogP contribution < -0.4 is 10.1 Å². The van der Waals surface area contributed by atoms with E-state index >= 15 is 0 Å². The van der Waals surface area contributed by atoms with E-state index in [0.29, 0.717) is 72.7 Å². The summed E-state index contributed by atoms with van der Waals surface area (Å²) in [6, 6.07) is 10.4. The van der Waals surface area contributed by atoms with Crippen molar-refractivity contribution in [2.45, 2.75) is 45.4 Å². The maximum absolute atomic E-state index is 13.7. The Morgan fingerprint density at radius 1 is 1.21 bits per heavy atom. The summed E-state index contributed by atoms with van der Waals surface area (Å²) >= 11 is 12.3. The number of fused-ring (bicyclic) bond motifs is 1. The highest BCUT2D eigenvalue weighted by Gasteiger charge is 2.35. The first-order valence-corrected chi connectivity index (χ1v) is 14.2. The number of carbonyl (C=O) groups is 2. The predicted octanol–water partition coefficient (Wildman–Crippen LogP) is 4.71. The number of halogens is 2. The number of rotatable bonds is 8. The zero-order valence-corrected chi connectivity index (χ0v) is 24.2. The number of anilines is 1. The number of para-hydroxylation sites is 1. The SMILES string of the molecule is C[C@H]1CN([C@@H](C)CO)C(=O)c2cccc(NC(=O)C3CCOCC3)c2O[C@@H]1CN(C)Cc1ccc(Cl)c(Cl)c1. The van der Waals surface area contributed by atoms with Crippen molar-refractivity contribution >= 4 is 40.7 Å². The minimum Gasteiger partial charge on any atom is -0.486 e. The van der Waals surface area contributed by atoms with Crippen LogP contribution in [0.25, 0.3) is 0 Å². The molecule has 10 heteroatoms. The number of likely N-dealkylation sites (N-methyl/N-ethyl adjacent to an activating group) is 1. The van der Waals surface area contributed by atoms with E-state index in [1.165, 1.54) is 0 Å².